The first-order valence-electron chi connectivity index (χ1n) is 25.3. The van der Waals surface area contributed by atoms with Gasteiger partial charge in [-0.15, -0.1) is 0 Å². The Kier molecular flexibility index (Phi) is 72.5. The summed E-state index contributed by atoms with van der Waals surface area (Å²) in [4.78, 5) is 0. The number of rotatable bonds is 46. The van der Waals surface area contributed by atoms with Crippen molar-refractivity contribution in [2.24, 2.45) is 0 Å². The van der Waals surface area contributed by atoms with Crippen molar-refractivity contribution in [2.75, 3.05) is 26.4 Å². The van der Waals surface area contributed by atoms with E-state index in [0.29, 0.717) is 12.8 Å². The van der Waals surface area contributed by atoms with Gasteiger partial charge in [0.25, 0.3) is 0 Å². The van der Waals surface area contributed by atoms with Crippen molar-refractivity contribution in [2.45, 2.75) is 285 Å². The van der Waals surface area contributed by atoms with Crippen LogP contribution in [0.25, 0.3) is 0 Å². The zero-order chi connectivity index (χ0) is 44.2. The summed E-state index contributed by atoms with van der Waals surface area (Å²) < 4.78 is 74.7. The first kappa shape index (κ1) is 71.7. The molecule has 0 fully saturated rings. The van der Waals surface area contributed by atoms with Gasteiger partial charge in [-0.25, -0.2) is 16.8 Å². The van der Waals surface area contributed by atoms with Crippen LogP contribution in [-0.2, 0) is 33.9 Å². The van der Waals surface area contributed by atoms with E-state index < -0.39 is 20.8 Å². The molecule has 0 aliphatic carbocycles. The van der Waals surface area contributed by atoms with Gasteiger partial charge in [-0.05, 0) is 25.7 Å². The predicted molar refractivity (Wildman–Crippen MR) is 249 cm³/mol. The minimum Gasteiger partial charge on any atom is -0.726 e. The van der Waals surface area contributed by atoms with Gasteiger partial charge < -0.3 is 13.8 Å². The molecule has 9 nitrogen and oxygen atoms in total. The Bertz CT molecular complexity index is 898. The van der Waals surface area contributed by atoms with E-state index in [4.69, 9.17) is 4.74 Å². The molecule has 0 rings (SSSR count). The van der Waals surface area contributed by atoms with E-state index in [2.05, 4.69) is 36.1 Å². The summed E-state index contributed by atoms with van der Waals surface area (Å²) in [5.41, 5.74) is 0. The topological polar surface area (TPSA) is 142 Å². The second-order valence-electron chi connectivity index (χ2n) is 16.8. The molecule has 0 unspecified atom stereocenters. The smallest absolute Gasteiger partial charge is 0.726 e. The van der Waals surface area contributed by atoms with Crippen molar-refractivity contribution in [1.82, 2.24) is 0 Å². The van der Waals surface area contributed by atoms with Gasteiger partial charge in [0.15, 0.2) is 0 Å². The van der Waals surface area contributed by atoms with Gasteiger partial charge in [-0.3, -0.25) is 8.37 Å². The van der Waals surface area contributed by atoms with Gasteiger partial charge in [0.1, 0.15) is 0 Å². The van der Waals surface area contributed by atoms with Crippen LogP contribution in [0.4, 0.5) is 0 Å². The molecular formula is C48H100Na2O9S2. The summed E-state index contributed by atoms with van der Waals surface area (Å²) in [7, 11) is -8.97. The molecule has 0 bridgehead atoms. The van der Waals surface area contributed by atoms with Crippen molar-refractivity contribution in [3.63, 3.8) is 0 Å². The monoisotopic (exact) mass is 931 g/mol. The van der Waals surface area contributed by atoms with Crippen molar-refractivity contribution < 1.29 is 98.2 Å². The largest absolute Gasteiger partial charge is 1.00 e. The van der Waals surface area contributed by atoms with Crippen LogP contribution in [0.2, 0.25) is 0 Å². The molecular weight excluding hydrogens is 831 g/mol. The predicted octanol–water partition coefficient (Wildman–Crippen LogP) is 9.62. The van der Waals surface area contributed by atoms with E-state index in [1.807, 2.05) is 0 Å². The maximum Gasteiger partial charge on any atom is 1.00 e. The molecule has 0 aromatic rings. The number of unbranched alkanes of at least 4 members (excludes halogenated alkanes) is 36. The van der Waals surface area contributed by atoms with Crippen LogP contribution in [0.1, 0.15) is 285 Å². The SMILES string of the molecule is CCCCCCCCCCCCOCCCCCCCCCCCC.CCCCCCCCCCCCOS(=O)(=O)[O-].CCCCCCCCCCCCOS(=O)(=O)[O-].[Na+].[Na+]. The molecule has 61 heavy (non-hydrogen) atoms. The van der Waals surface area contributed by atoms with Crippen LogP contribution in [0.5, 0.6) is 0 Å². The van der Waals surface area contributed by atoms with Gasteiger partial charge in [0, 0.05) is 13.2 Å². The van der Waals surface area contributed by atoms with Crippen LogP contribution >= 0.6 is 0 Å². The van der Waals surface area contributed by atoms with E-state index in [1.54, 1.807) is 0 Å². The molecule has 0 spiro atoms. The molecule has 13 heteroatoms. The second kappa shape index (κ2) is 61.7. The van der Waals surface area contributed by atoms with E-state index >= 15 is 0 Å². The average Bonchev–Trinajstić information content (AvgIpc) is 3.19. The van der Waals surface area contributed by atoms with Crippen LogP contribution in [0.15, 0.2) is 0 Å². The standard InChI is InChI=1S/C24H50O.2C12H26O4S.2Na/c1-3-5-7-9-11-13-15-17-19-21-23-25-24-22-20-18-16-14-12-10-8-6-4-2;2*1-2-3-4-5-6-7-8-9-10-11-12-16-17(13,14)15;;/h3-24H2,1-2H3;2*2-12H2,1H3,(H,13,14,15);;/q;;;2*+1/p-2. The zero-order valence-corrected chi connectivity index (χ0v) is 47.2. The van der Waals surface area contributed by atoms with Crippen LogP contribution in [-0.4, -0.2) is 52.4 Å². The van der Waals surface area contributed by atoms with Gasteiger partial charge in [0.05, 0.1) is 13.2 Å². The van der Waals surface area contributed by atoms with Crippen molar-refractivity contribution in [3.05, 3.63) is 0 Å². The molecule has 0 aromatic carbocycles. The van der Waals surface area contributed by atoms with E-state index in [1.165, 1.54) is 218 Å². The van der Waals surface area contributed by atoms with Crippen molar-refractivity contribution in [3.8, 4) is 0 Å². The quantitative estimate of drug-likeness (QED) is 0.0253. The summed E-state index contributed by atoms with van der Waals surface area (Å²) in [6.45, 7) is 11.1. The van der Waals surface area contributed by atoms with Gasteiger partial charge >= 0.3 is 59.1 Å². The molecule has 0 atom stereocenters. The summed E-state index contributed by atoms with van der Waals surface area (Å²) in [5.74, 6) is 0. The van der Waals surface area contributed by atoms with Crippen LogP contribution in [0, 0.1) is 0 Å². The fourth-order valence-corrected chi connectivity index (χ4v) is 7.63. The third-order valence-corrected chi connectivity index (χ3v) is 11.6. The van der Waals surface area contributed by atoms with E-state index in [-0.39, 0.29) is 72.3 Å². The molecule has 0 aliphatic heterocycles. The molecule has 0 heterocycles. The minimum atomic E-state index is -4.48. The zero-order valence-electron chi connectivity index (χ0n) is 41.6. The average molecular weight is 931 g/mol. The van der Waals surface area contributed by atoms with Crippen molar-refractivity contribution >= 4 is 20.8 Å². The molecule has 0 aliphatic rings. The van der Waals surface area contributed by atoms with Gasteiger partial charge in [0.2, 0.25) is 20.8 Å². The molecule has 0 amide bonds. The van der Waals surface area contributed by atoms with E-state index in [9.17, 15) is 25.9 Å². The van der Waals surface area contributed by atoms with Crippen LogP contribution in [0.3, 0.4) is 0 Å². The van der Waals surface area contributed by atoms with Gasteiger partial charge in [-0.2, -0.15) is 0 Å². The number of hydrogen-bond donors (Lipinski definition) is 0. The Morgan fingerprint density at radius 3 is 0.574 bits per heavy atom. The Hall–Kier alpha value is 1.70. The first-order valence-corrected chi connectivity index (χ1v) is 28.0. The summed E-state index contributed by atoms with van der Waals surface area (Å²) >= 11 is 0. The summed E-state index contributed by atoms with van der Waals surface area (Å²) in [6.07, 6.45) is 51.6. The normalized spacial score (nSPS) is 11.2. The Morgan fingerprint density at radius 1 is 0.262 bits per heavy atom. The number of ether oxygens (including phenoxy) is 1. The Labute approximate surface area is 426 Å². The minimum absolute atomic E-state index is 0. The molecule has 0 saturated carbocycles. The van der Waals surface area contributed by atoms with Crippen molar-refractivity contribution in [1.29, 1.82) is 0 Å². The van der Waals surface area contributed by atoms with Gasteiger partial charge in [-0.1, -0.05) is 259 Å². The fourth-order valence-electron chi connectivity index (χ4n) is 6.99. The third-order valence-electron chi connectivity index (χ3n) is 10.7. The molecule has 0 aromatic heterocycles. The Morgan fingerprint density at radius 2 is 0.410 bits per heavy atom. The summed E-state index contributed by atoms with van der Waals surface area (Å²) in [6, 6.07) is 0. The third kappa shape index (κ3) is 82.3. The first-order chi connectivity index (χ1) is 28.5. The summed E-state index contributed by atoms with van der Waals surface area (Å²) in [5, 5.41) is 0. The maximum absolute atomic E-state index is 10.1. The molecule has 0 N–H and O–H groups in total. The Balaban J connectivity index is -0.000000260. The number of hydrogen-bond acceptors (Lipinski definition) is 9. The molecule has 0 radical (unpaired) electrons. The van der Waals surface area contributed by atoms with E-state index in [0.717, 1.165) is 38.9 Å². The second-order valence-corrected chi connectivity index (χ2v) is 18.9. The maximum atomic E-state index is 10.1. The molecule has 0 saturated heterocycles. The fraction of sp³-hybridized carbons (Fsp3) is 1.00. The molecule has 360 valence electrons. The van der Waals surface area contributed by atoms with Crippen LogP contribution < -0.4 is 59.1 Å².